The summed E-state index contributed by atoms with van der Waals surface area (Å²) in [6.07, 6.45) is -11.9. The summed E-state index contributed by atoms with van der Waals surface area (Å²) in [5, 5.41) is 145. The van der Waals surface area contributed by atoms with Crippen LogP contribution in [-0.4, -0.2) is 358 Å². The van der Waals surface area contributed by atoms with Gasteiger partial charge in [-0.05, 0) is 0 Å². The molecular weight excluding hydrogens is 942 g/mol. The molecule has 4 aliphatic heterocycles. The molecule has 4 saturated heterocycles. The Morgan fingerprint density at radius 3 is 0.632 bits per heavy atom. The van der Waals surface area contributed by atoms with Gasteiger partial charge >= 0.3 is 377 Å². The average molecular weight is 987 g/mol. The molecule has 4 rings (SSSR count). The molecule has 0 spiro atoms. The van der Waals surface area contributed by atoms with Crippen LogP contribution in [0.4, 0.5) is 0 Å². The SMILES string of the molecule is O=P([O-])([O-])OP(=O)([O-])[O-].OC[C@H]1O[C]([Ca+])(CO)[C@@H](O)[C@@H]1O.OC[C@H]1O[C]([Ca+])(CO)[C@@H](O)[C@@H]1O.OC[C@H]1O[C]([Ca+])(CO)[C@@H](O)[C@@H]1O.OC[C@H]1O[C]([Ca+])(CO)[C@@H](O)[C@@H]1O. The molecule has 4 unspecified atom stereocenters. The van der Waals surface area contributed by atoms with Crippen LogP contribution in [0, 0.1) is 0 Å². The predicted molar refractivity (Wildman–Crippen MR) is 174 cm³/mol. The molecule has 27 nitrogen and oxygen atoms in total. The second kappa shape index (κ2) is 26.7. The second-order valence-corrected chi connectivity index (χ2v) is 22.9. The normalized spacial score (nSPS) is 42.9. The number of hydrogen-bond donors (Lipinski definition) is 16. The Morgan fingerprint density at radius 2 is 0.579 bits per heavy atom. The summed E-state index contributed by atoms with van der Waals surface area (Å²) in [6.45, 7) is -2.72. The molecule has 0 bridgehead atoms. The summed E-state index contributed by atoms with van der Waals surface area (Å²) in [6, 6.07) is 0. The van der Waals surface area contributed by atoms with Crippen LogP contribution in [0.3, 0.4) is 0 Å². The van der Waals surface area contributed by atoms with E-state index in [0.717, 1.165) is 0 Å². The van der Waals surface area contributed by atoms with Gasteiger partial charge in [0, 0.05) is 0 Å². The van der Waals surface area contributed by atoms with Crippen LogP contribution in [0.2, 0.25) is 0 Å². The molecule has 0 saturated carbocycles. The van der Waals surface area contributed by atoms with Gasteiger partial charge in [0.1, 0.15) is 0 Å². The molecule has 0 aromatic heterocycles. The third-order valence-corrected chi connectivity index (χ3v) is 15.2. The van der Waals surface area contributed by atoms with Gasteiger partial charge in [0.25, 0.3) is 0 Å². The van der Waals surface area contributed by atoms with Gasteiger partial charge in [0.15, 0.2) is 0 Å². The zero-order valence-electron chi connectivity index (χ0n) is 30.0. The Kier molecular flexibility index (Phi) is 28.8. The van der Waals surface area contributed by atoms with Crippen LogP contribution in [0.25, 0.3) is 0 Å². The Bertz CT molecular complexity index is 1110. The molecule has 0 aromatic rings. The Morgan fingerprint density at radius 1 is 0.421 bits per heavy atom. The van der Waals surface area contributed by atoms with E-state index < -0.39 is 95.7 Å². The minimum atomic E-state index is -5.68. The van der Waals surface area contributed by atoms with Crippen molar-refractivity contribution in [1.82, 2.24) is 0 Å². The van der Waals surface area contributed by atoms with E-state index >= 15 is 0 Å². The van der Waals surface area contributed by atoms with Crippen molar-refractivity contribution in [3.05, 3.63) is 0 Å². The third kappa shape index (κ3) is 18.3. The summed E-state index contributed by atoms with van der Waals surface area (Å²) in [5.41, 5.74) is 0. The van der Waals surface area contributed by atoms with Crippen LogP contribution in [0.1, 0.15) is 0 Å². The summed E-state index contributed by atoms with van der Waals surface area (Å²) < 4.78 is 37.5. The molecule has 0 aliphatic carbocycles. The number of ether oxygens (including phenoxy) is 4. The number of aliphatic hydroxyl groups is 16. The zero-order chi connectivity index (χ0) is 45.1. The topological polar surface area (TPSA) is 496 Å². The predicted octanol–water partition coefficient (Wildman–Crippen LogP) is -15.5. The quantitative estimate of drug-likeness (QED) is 0.0714. The Balaban J connectivity index is 0.000000691. The van der Waals surface area contributed by atoms with E-state index in [1.807, 2.05) is 0 Å². The van der Waals surface area contributed by atoms with Gasteiger partial charge in [0.05, 0.1) is 15.6 Å². The number of phosphoric acid groups is 2. The first-order chi connectivity index (χ1) is 25.9. The molecule has 4 heterocycles. The van der Waals surface area contributed by atoms with Crippen molar-refractivity contribution in [3.63, 3.8) is 0 Å². The number of aliphatic hydroxyl groups excluding tert-OH is 16. The second-order valence-electron chi connectivity index (χ2n) is 13.0. The van der Waals surface area contributed by atoms with Crippen LogP contribution in [-0.2, 0) is 32.4 Å². The molecule has 4 aliphatic rings. The molecule has 16 N–H and O–H groups in total. The first-order valence-electron chi connectivity index (χ1n) is 16.1. The van der Waals surface area contributed by atoms with Gasteiger partial charge in [-0.25, -0.2) is 0 Å². The number of hydrogen-bond acceptors (Lipinski definition) is 27. The molecular formula is C24H44Ca4O27P2. The molecule has 320 valence electrons. The zero-order valence-corrected chi connectivity index (χ0v) is 40.6. The molecule has 0 amide bonds. The van der Waals surface area contributed by atoms with Crippen molar-refractivity contribution in [1.29, 1.82) is 0 Å². The molecule has 0 aromatic carbocycles. The Hall–Kier alpha value is 4.50. The van der Waals surface area contributed by atoms with Gasteiger partial charge < -0.3 is 33.0 Å². The molecule has 4 fully saturated rings. The fraction of sp³-hybridized carbons (Fsp3) is 1.00. The summed E-state index contributed by atoms with van der Waals surface area (Å²) in [7, 11) is -11.4. The molecule has 33 heteroatoms. The van der Waals surface area contributed by atoms with Crippen LogP contribution >= 0.6 is 15.6 Å². The van der Waals surface area contributed by atoms with Gasteiger partial charge in [0.2, 0.25) is 0 Å². The van der Waals surface area contributed by atoms with Gasteiger partial charge in [-0.2, -0.15) is 0 Å². The molecule has 57 heavy (non-hydrogen) atoms. The van der Waals surface area contributed by atoms with Crippen molar-refractivity contribution < 1.29 is 134 Å². The van der Waals surface area contributed by atoms with E-state index in [4.69, 9.17) is 59.8 Å². The van der Waals surface area contributed by atoms with E-state index in [9.17, 15) is 69.6 Å². The van der Waals surface area contributed by atoms with E-state index in [1.54, 1.807) is 0 Å². The van der Waals surface area contributed by atoms with E-state index in [2.05, 4.69) is 4.31 Å². The average Bonchev–Trinajstić information content (AvgIpc) is 3.71. The number of rotatable bonds is 10. The first kappa shape index (κ1) is 61.5. The fourth-order valence-electron chi connectivity index (χ4n) is 5.05. The van der Waals surface area contributed by atoms with Gasteiger partial charge in [-0.1, -0.05) is 0 Å². The summed E-state index contributed by atoms with van der Waals surface area (Å²) >= 11 is 2.05. The molecule has 16 atom stereocenters. The first-order valence-corrected chi connectivity index (χ1v) is 23.4. The van der Waals surface area contributed by atoms with Gasteiger partial charge in [-0.15, -0.1) is 0 Å². The minimum absolute atomic E-state index is 0.332. The maximum atomic E-state index is 9.40. The van der Waals surface area contributed by atoms with E-state index in [0.29, 0.717) is 143 Å². The van der Waals surface area contributed by atoms with Crippen molar-refractivity contribution in [3.8, 4) is 0 Å². The van der Waals surface area contributed by atoms with Crippen molar-refractivity contribution in [2.24, 2.45) is 0 Å². The van der Waals surface area contributed by atoms with E-state index in [-0.39, 0.29) is 52.9 Å². The maximum absolute atomic E-state index is 9.40. The van der Waals surface area contributed by atoms with Gasteiger partial charge in [-0.3, -0.25) is 0 Å². The van der Waals surface area contributed by atoms with E-state index in [1.165, 1.54) is 0 Å². The van der Waals surface area contributed by atoms with Crippen LogP contribution in [0.5, 0.6) is 0 Å². The fourth-order valence-corrected chi connectivity index (χ4v) is 8.87. The third-order valence-electron chi connectivity index (χ3n) is 8.51. The standard InChI is InChI=1S/4C6H11O5.4Ca.H4O7P2/c4*7-1-3-5(9)6(10)4(2-8)11-3;;;;;1-8(2,3)7-9(4,5)6/h4*3,5-10H,1-2H2;;;;;(H2,1,2,3)(H2,4,5,6)/q;;;;4*+1;/p-4/t4*3-,5-,6-;;;;;/m1111...../s1. The molecule has 0 radical (unpaired) electrons. The van der Waals surface area contributed by atoms with Crippen molar-refractivity contribution >= 4 is 159 Å². The Labute approximate surface area is 419 Å². The van der Waals surface area contributed by atoms with Crippen molar-refractivity contribution in [2.45, 2.75) is 80.0 Å². The summed E-state index contributed by atoms with van der Waals surface area (Å²) in [4.78, 5) is 37.3. The monoisotopic (exact) mass is 986 g/mol. The van der Waals surface area contributed by atoms with Crippen LogP contribution in [0.15, 0.2) is 0 Å². The summed E-state index contributed by atoms with van der Waals surface area (Å²) in [5.74, 6) is 0. The van der Waals surface area contributed by atoms with Crippen LogP contribution < -0.4 is 19.6 Å². The van der Waals surface area contributed by atoms with Crippen molar-refractivity contribution in [2.75, 3.05) is 52.9 Å².